The molecule has 0 aromatic heterocycles. The Morgan fingerprint density at radius 1 is 1.23 bits per heavy atom. The lowest BCUT2D eigenvalue weighted by atomic mass is 10.2. The van der Waals surface area contributed by atoms with Gasteiger partial charge < -0.3 is 10.1 Å². The van der Waals surface area contributed by atoms with Gasteiger partial charge in [0.25, 0.3) is 0 Å². The maximum Gasteiger partial charge on any atom is 0.410 e. The molecule has 5 nitrogen and oxygen atoms in total. The lowest BCUT2D eigenvalue weighted by molar-refractivity contribution is -0.120. The molecule has 0 saturated carbocycles. The molecule has 0 radical (unpaired) electrons. The van der Waals surface area contributed by atoms with Crippen LogP contribution in [0.15, 0.2) is 24.3 Å². The molecule has 2 saturated heterocycles. The molecule has 3 rings (SSSR count). The van der Waals surface area contributed by atoms with Crippen LogP contribution in [0.2, 0.25) is 0 Å². The number of nitrogens with zero attached hydrogens (tertiary/aromatic N) is 1. The normalized spacial score (nSPS) is 21.0. The topological polar surface area (TPSA) is 58.6 Å². The zero-order valence-corrected chi connectivity index (χ0v) is 17.1. The lowest BCUT2D eigenvalue weighted by Gasteiger charge is -2.28. The average molecular weight is 395 g/mol. The number of hydrogen-bond donors (Lipinski definition) is 1. The summed E-state index contributed by atoms with van der Waals surface area (Å²) >= 11 is 3.88. The summed E-state index contributed by atoms with van der Waals surface area (Å²) in [4.78, 5) is 26.7. The highest BCUT2D eigenvalue weighted by atomic mass is 32.2. The summed E-state index contributed by atoms with van der Waals surface area (Å²) in [6.07, 6.45) is 1.06. The molecule has 142 valence electrons. The first-order valence-corrected chi connectivity index (χ1v) is 11.1. The molecule has 1 N–H and O–H groups in total. The summed E-state index contributed by atoms with van der Waals surface area (Å²) in [5.74, 6) is 2.19. The molecule has 2 heterocycles. The Bertz CT molecular complexity index is 669. The molecular formula is C19H26N2O3S2. The molecule has 0 aliphatic carbocycles. The van der Waals surface area contributed by atoms with Crippen molar-refractivity contribution in [3.8, 4) is 0 Å². The fourth-order valence-corrected chi connectivity index (χ4v) is 5.96. The minimum atomic E-state index is -0.564. The molecular weight excluding hydrogens is 368 g/mol. The third-order valence-corrected chi connectivity index (χ3v) is 7.34. The summed E-state index contributed by atoms with van der Waals surface area (Å²) in [7, 11) is 0. The van der Waals surface area contributed by atoms with E-state index in [4.69, 9.17) is 4.74 Å². The number of ether oxygens (including phenoxy) is 1. The quantitative estimate of drug-likeness (QED) is 0.818. The van der Waals surface area contributed by atoms with Crippen molar-refractivity contribution in [1.82, 2.24) is 4.90 Å². The summed E-state index contributed by atoms with van der Waals surface area (Å²) < 4.78 is 5.88. The van der Waals surface area contributed by atoms with Gasteiger partial charge in [-0.25, -0.2) is 4.79 Å². The number of likely N-dealkylation sites (tertiary alicyclic amines) is 1. The molecule has 0 bridgehead atoms. The van der Waals surface area contributed by atoms with Gasteiger partial charge in [-0.2, -0.15) is 0 Å². The summed E-state index contributed by atoms with van der Waals surface area (Å²) in [6.45, 7) is 6.06. The van der Waals surface area contributed by atoms with Gasteiger partial charge in [0, 0.05) is 23.7 Å². The Labute approximate surface area is 163 Å². The van der Waals surface area contributed by atoms with Crippen LogP contribution in [0.1, 0.15) is 43.8 Å². The molecule has 26 heavy (non-hydrogen) atoms. The van der Waals surface area contributed by atoms with Crippen LogP contribution in [-0.4, -0.2) is 46.6 Å². The summed E-state index contributed by atoms with van der Waals surface area (Å²) in [5.41, 5.74) is 1.45. The van der Waals surface area contributed by atoms with Crippen LogP contribution >= 0.6 is 23.5 Å². The highest BCUT2D eigenvalue weighted by Crippen LogP contribution is 2.45. The van der Waals surface area contributed by atoms with Crippen molar-refractivity contribution in [1.29, 1.82) is 0 Å². The van der Waals surface area contributed by atoms with Crippen LogP contribution < -0.4 is 5.32 Å². The van der Waals surface area contributed by atoms with Gasteiger partial charge in [-0.1, -0.05) is 12.1 Å². The Morgan fingerprint density at radius 2 is 1.96 bits per heavy atom. The first kappa shape index (κ1) is 19.4. The van der Waals surface area contributed by atoms with Crippen molar-refractivity contribution in [3.05, 3.63) is 29.8 Å². The molecule has 7 heteroatoms. The first-order valence-electron chi connectivity index (χ1n) is 8.97. The van der Waals surface area contributed by atoms with Gasteiger partial charge in [0.1, 0.15) is 11.6 Å². The minimum absolute atomic E-state index is 0.141. The van der Waals surface area contributed by atoms with Gasteiger partial charge in [-0.05, 0) is 51.3 Å². The van der Waals surface area contributed by atoms with E-state index >= 15 is 0 Å². The number of hydrogen-bond acceptors (Lipinski definition) is 5. The second kappa shape index (κ2) is 8.13. The Kier molecular flexibility index (Phi) is 6.07. The van der Waals surface area contributed by atoms with Crippen molar-refractivity contribution >= 4 is 41.2 Å². The van der Waals surface area contributed by atoms with E-state index in [2.05, 4.69) is 11.4 Å². The van der Waals surface area contributed by atoms with Gasteiger partial charge in [-0.15, -0.1) is 23.5 Å². The third kappa shape index (κ3) is 4.88. The largest absolute Gasteiger partial charge is 0.444 e. The number of rotatable bonds is 3. The predicted molar refractivity (Wildman–Crippen MR) is 109 cm³/mol. The molecule has 1 unspecified atom stereocenters. The third-order valence-electron chi connectivity index (χ3n) is 4.23. The van der Waals surface area contributed by atoms with Crippen LogP contribution in [0.3, 0.4) is 0 Å². The zero-order valence-electron chi connectivity index (χ0n) is 15.5. The monoisotopic (exact) mass is 394 g/mol. The smallest absolute Gasteiger partial charge is 0.410 e. The number of benzene rings is 1. The number of thioether (sulfide) groups is 2. The molecule has 1 aromatic rings. The Hall–Kier alpha value is -1.34. The fraction of sp³-hybridized carbons (Fsp3) is 0.579. The van der Waals surface area contributed by atoms with Gasteiger partial charge in [0.15, 0.2) is 0 Å². The Balaban J connectivity index is 1.65. The molecule has 0 spiro atoms. The van der Waals surface area contributed by atoms with E-state index in [0.29, 0.717) is 17.5 Å². The number of anilines is 1. The maximum atomic E-state index is 12.8. The van der Waals surface area contributed by atoms with Crippen LogP contribution in [0.25, 0.3) is 0 Å². The van der Waals surface area contributed by atoms with Crippen molar-refractivity contribution in [2.45, 2.75) is 49.8 Å². The highest BCUT2D eigenvalue weighted by Gasteiger charge is 2.36. The molecule has 2 fully saturated rings. The van der Waals surface area contributed by atoms with Gasteiger partial charge in [0.05, 0.1) is 4.58 Å². The van der Waals surface area contributed by atoms with E-state index in [1.807, 2.05) is 62.5 Å². The van der Waals surface area contributed by atoms with Crippen molar-refractivity contribution in [2.75, 3.05) is 23.4 Å². The SMILES string of the molecule is CC(C)(C)OC(=O)N1CCCC1C(=O)Nc1cccc(C2SCCS2)c1. The number of carbonyl (C=O) groups is 2. The van der Waals surface area contributed by atoms with E-state index in [1.165, 1.54) is 17.1 Å². The molecule has 2 aliphatic rings. The van der Waals surface area contributed by atoms with Crippen molar-refractivity contribution in [2.24, 2.45) is 0 Å². The average Bonchev–Trinajstić information content (AvgIpc) is 3.25. The van der Waals surface area contributed by atoms with Crippen LogP contribution in [0.5, 0.6) is 0 Å². The van der Waals surface area contributed by atoms with Gasteiger partial charge in [-0.3, -0.25) is 9.69 Å². The minimum Gasteiger partial charge on any atom is -0.444 e. The second-order valence-corrected chi connectivity index (χ2v) is 10.2. The lowest BCUT2D eigenvalue weighted by Crippen LogP contribution is -2.45. The van der Waals surface area contributed by atoms with Crippen molar-refractivity contribution < 1.29 is 14.3 Å². The van der Waals surface area contributed by atoms with Crippen LogP contribution in [-0.2, 0) is 9.53 Å². The Morgan fingerprint density at radius 3 is 2.65 bits per heavy atom. The molecule has 1 atom stereocenters. The van der Waals surface area contributed by atoms with E-state index < -0.39 is 17.7 Å². The molecule has 2 amide bonds. The number of nitrogens with one attached hydrogen (secondary N) is 1. The second-order valence-electron chi connectivity index (χ2n) is 7.52. The van der Waals surface area contributed by atoms with Crippen LogP contribution in [0, 0.1) is 0 Å². The molecule has 2 aliphatic heterocycles. The van der Waals surface area contributed by atoms with Crippen molar-refractivity contribution in [3.63, 3.8) is 0 Å². The van der Waals surface area contributed by atoms with E-state index in [1.54, 1.807) is 4.90 Å². The van der Waals surface area contributed by atoms with Gasteiger partial charge >= 0.3 is 6.09 Å². The van der Waals surface area contributed by atoms with Crippen LogP contribution in [0.4, 0.5) is 10.5 Å². The fourth-order valence-electron chi connectivity index (χ4n) is 3.12. The van der Waals surface area contributed by atoms with E-state index in [0.717, 1.165) is 12.1 Å². The zero-order chi connectivity index (χ0) is 18.7. The van der Waals surface area contributed by atoms with Gasteiger partial charge in [0.2, 0.25) is 5.91 Å². The number of carbonyl (C=O) groups excluding carboxylic acids is 2. The summed E-state index contributed by atoms with van der Waals surface area (Å²) in [5, 5.41) is 2.99. The standard InChI is InChI=1S/C19H26N2O3S2/c1-19(2,3)24-18(23)21-9-5-8-15(21)16(22)20-14-7-4-6-13(12-14)17-25-10-11-26-17/h4,6-7,12,15,17H,5,8-11H2,1-3H3,(H,20,22). The highest BCUT2D eigenvalue weighted by molar-refractivity contribution is 8.19. The predicted octanol–water partition coefficient (Wildman–Crippen LogP) is 4.50. The van der Waals surface area contributed by atoms with E-state index in [-0.39, 0.29) is 5.91 Å². The summed E-state index contributed by atoms with van der Waals surface area (Å²) in [6, 6.07) is 7.56. The first-order chi connectivity index (χ1) is 12.3. The van der Waals surface area contributed by atoms with E-state index in [9.17, 15) is 9.59 Å². The molecule has 1 aromatic carbocycles. The number of amides is 2. The maximum absolute atomic E-state index is 12.8.